The summed E-state index contributed by atoms with van der Waals surface area (Å²) in [4.78, 5) is 11.8. The lowest BCUT2D eigenvalue weighted by Gasteiger charge is -2.08. The van der Waals surface area contributed by atoms with Gasteiger partial charge in [-0.05, 0) is 6.42 Å². The number of nitrogens with two attached hydrogens (primary N) is 1. The van der Waals surface area contributed by atoms with Gasteiger partial charge in [0.15, 0.2) is 17.5 Å². The molecule has 0 saturated carbocycles. The van der Waals surface area contributed by atoms with E-state index in [9.17, 15) is 4.39 Å². The van der Waals surface area contributed by atoms with Gasteiger partial charge in [-0.2, -0.15) is 0 Å². The molecule has 0 aliphatic heterocycles. The fourth-order valence-corrected chi connectivity index (χ4v) is 1.62. The van der Waals surface area contributed by atoms with Crippen molar-refractivity contribution in [1.29, 1.82) is 0 Å². The van der Waals surface area contributed by atoms with Crippen molar-refractivity contribution in [2.75, 3.05) is 0 Å². The summed E-state index contributed by atoms with van der Waals surface area (Å²) >= 11 is 4.84. The maximum absolute atomic E-state index is 14.0. The van der Waals surface area contributed by atoms with E-state index in [0.717, 1.165) is 0 Å². The Morgan fingerprint density at radius 1 is 1.47 bits per heavy atom. The van der Waals surface area contributed by atoms with Gasteiger partial charge in [0, 0.05) is 12.4 Å². The molecule has 17 heavy (non-hydrogen) atoms. The Kier molecular flexibility index (Phi) is 3.10. The van der Waals surface area contributed by atoms with Gasteiger partial charge >= 0.3 is 0 Å². The van der Waals surface area contributed by atoms with E-state index in [4.69, 9.17) is 18.0 Å². The van der Waals surface area contributed by atoms with Gasteiger partial charge in [-0.3, -0.25) is 4.57 Å². The van der Waals surface area contributed by atoms with Gasteiger partial charge < -0.3 is 5.73 Å². The Balaban J connectivity index is 2.61. The van der Waals surface area contributed by atoms with Crippen LogP contribution in [-0.2, 0) is 6.42 Å². The molecular formula is C10H10FN5S. The number of imidazole rings is 1. The molecule has 7 heteroatoms. The number of hydrogen-bond donors (Lipinski definition) is 1. The highest BCUT2D eigenvalue weighted by atomic mass is 32.1. The van der Waals surface area contributed by atoms with Crippen LogP contribution >= 0.6 is 12.2 Å². The Hall–Kier alpha value is -1.89. The molecule has 2 N–H and O–H groups in total. The minimum atomic E-state index is -0.481. The fourth-order valence-electron chi connectivity index (χ4n) is 1.47. The highest BCUT2D eigenvalue weighted by Crippen LogP contribution is 2.14. The van der Waals surface area contributed by atoms with Gasteiger partial charge in [0.1, 0.15) is 11.3 Å². The Bertz CT molecular complexity index is 566. The number of aryl methyl sites for hydroxylation is 1. The van der Waals surface area contributed by atoms with Crippen LogP contribution in [0.2, 0.25) is 0 Å². The lowest BCUT2D eigenvalue weighted by molar-refractivity contribution is 0.581. The number of thiocarbonyl (C=S) groups is 1. The summed E-state index contributed by atoms with van der Waals surface area (Å²) in [6.07, 6.45) is 4.83. The highest BCUT2D eigenvalue weighted by Gasteiger charge is 2.15. The van der Waals surface area contributed by atoms with Crippen molar-refractivity contribution in [2.24, 2.45) is 5.73 Å². The van der Waals surface area contributed by atoms with E-state index >= 15 is 0 Å². The molecule has 2 aromatic heterocycles. The maximum Gasteiger partial charge on any atom is 0.187 e. The number of halogens is 1. The predicted octanol–water partition coefficient (Wildman–Crippen LogP) is 0.998. The summed E-state index contributed by atoms with van der Waals surface area (Å²) in [7, 11) is 0. The summed E-state index contributed by atoms with van der Waals surface area (Å²) in [6.45, 7) is 1.82. The third-order valence-electron chi connectivity index (χ3n) is 2.27. The van der Waals surface area contributed by atoms with Crippen LogP contribution < -0.4 is 5.73 Å². The van der Waals surface area contributed by atoms with Crippen LogP contribution in [-0.4, -0.2) is 24.5 Å². The smallest absolute Gasteiger partial charge is 0.187 e. The first-order chi connectivity index (χ1) is 8.15. The van der Waals surface area contributed by atoms with Gasteiger partial charge in [-0.15, -0.1) is 0 Å². The van der Waals surface area contributed by atoms with Gasteiger partial charge in [0.05, 0.1) is 5.69 Å². The molecule has 88 valence electrons. The van der Waals surface area contributed by atoms with Crippen LogP contribution in [0.15, 0.2) is 18.7 Å². The van der Waals surface area contributed by atoms with Crippen LogP contribution in [0.1, 0.15) is 18.4 Å². The third-order valence-corrected chi connectivity index (χ3v) is 2.45. The zero-order chi connectivity index (χ0) is 12.4. The lowest BCUT2D eigenvalue weighted by atomic mass is 10.3. The molecular weight excluding hydrogens is 241 g/mol. The number of hydrogen-bond acceptors (Lipinski definition) is 4. The second-order valence-electron chi connectivity index (χ2n) is 3.30. The van der Waals surface area contributed by atoms with Gasteiger partial charge in [-0.1, -0.05) is 19.1 Å². The molecule has 0 aliphatic rings. The SMILES string of the molecule is CCc1ncnc(-n2ccnc2C(N)=S)c1F. The molecule has 0 unspecified atom stereocenters. The van der Waals surface area contributed by atoms with Crippen LogP contribution in [0.5, 0.6) is 0 Å². The first-order valence-electron chi connectivity index (χ1n) is 4.98. The quantitative estimate of drug-likeness (QED) is 0.824. The minimum absolute atomic E-state index is 0.0889. The molecule has 0 atom stereocenters. The molecule has 0 saturated heterocycles. The van der Waals surface area contributed by atoms with E-state index in [0.29, 0.717) is 17.9 Å². The molecule has 0 bridgehead atoms. The normalized spacial score (nSPS) is 10.5. The molecule has 0 radical (unpaired) electrons. The number of nitrogens with zero attached hydrogens (tertiary/aromatic N) is 4. The molecule has 0 fully saturated rings. The summed E-state index contributed by atoms with van der Waals surface area (Å²) < 4.78 is 15.4. The zero-order valence-electron chi connectivity index (χ0n) is 9.09. The van der Waals surface area contributed by atoms with E-state index in [2.05, 4.69) is 15.0 Å². The van der Waals surface area contributed by atoms with E-state index in [1.807, 2.05) is 6.92 Å². The van der Waals surface area contributed by atoms with E-state index in [-0.39, 0.29) is 10.8 Å². The molecule has 5 nitrogen and oxygen atoms in total. The van der Waals surface area contributed by atoms with E-state index in [1.54, 1.807) is 6.20 Å². The summed E-state index contributed by atoms with van der Waals surface area (Å²) in [6, 6.07) is 0. The standard InChI is InChI=1S/C10H10FN5S/c1-2-6-7(11)9(15-5-14-6)16-4-3-13-10(16)8(12)17/h3-5H,2H2,1H3,(H2,12,17). The average molecular weight is 251 g/mol. The molecule has 0 spiro atoms. The lowest BCUT2D eigenvalue weighted by Crippen LogP contribution is -2.17. The topological polar surface area (TPSA) is 69.6 Å². The largest absolute Gasteiger partial charge is 0.387 e. The van der Waals surface area contributed by atoms with Crippen LogP contribution in [0.3, 0.4) is 0 Å². The highest BCUT2D eigenvalue weighted by molar-refractivity contribution is 7.80. The van der Waals surface area contributed by atoms with Crippen molar-refractivity contribution < 1.29 is 4.39 Å². The summed E-state index contributed by atoms with van der Waals surface area (Å²) in [5.41, 5.74) is 5.84. The second kappa shape index (κ2) is 4.54. The van der Waals surface area contributed by atoms with E-state index in [1.165, 1.54) is 17.1 Å². The van der Waals surface area contributed by atoms with Crippen LogP contribution in [0.4, 0.5) is 4.39 Å². The Morgan fingerprint density at radius 2 is 2.24 bits per heavy atom. The second-order valence-corrected chi connectivity index (χ2v) is 3.74. The van der Waals surface area contributed by atoms with Crippen LogP contribution in [0.25, 0.3) is 5.82 Å². The fraction of sp³-hybridized carbons (Fsp3) is 0.200. The van der Waals surface area contributed by atoms with Crippen LogP contribution in [0, 0.1) is 5.82 Å². The minimum Gasteiger partial charge on any atom is -0.387 e. The van der Waals surface area contributed by atoms with Gasteiger partial charge in [0.25, 0.3) is 0 Å². The van der Waals surface area contributed by atoms with Crippen molar-refractivity contribution in [3.8, 4) is 5.82 Å². The molecule has 0 aliphatic carbocycles. The number of aromatic nitrogens is 4. The summed E-state index contributed by atoms with van der Waals surface area (Å²) in [5.74, 6) is -0.0673. The van der Waals surface area contributed by atoms with Crippen molar-refractivity contribution in [3.63, 3.8) is 0 Å². The zero-order valence-corrected chi connectivity index (χ0v) is 9.91. The van der Waals surface area contributed by atoms with Crippen molar-refractivity contribution >= 4 is 17.2 Å². The predicted molar refractivity (Wildman–Crippen MR) is 64.4 cm³/mol. The van der Waals surface area contributed by atoms with Crippen molar-refractivity contribution in [1.82, 2.24) is 19.5 Å². The van der Waals surface area contributed by atoms with Gasteiger partial charge in [0.2, 0.25) is 0 Å². The Labute approximate surface area is 103 Å². The van der Waals surface area contributed by atoms with Crippen molar-refractivity contribution in [2.45, 2.75) is 13.3 Å². The van der Waals surface area contributed by atoms with E-state index < -0.39 is 5.82 Å². The summed E-state index contributed by atoms with van der Waals surface area (Å²) in [5, 5.41) is 0. The molecule has 2 rings (SSSR count). The van der Waals surface area contributed by atoms with Gasteiger partial charge in [-0.25, -0.2) is 19.3 Å². The average Bonchev–Trinajstić information content (AvgIpc) is 2.78. The molecule has 2 aromatic rings. The first-order valence-corrected chi connectivity index (χ1v) is 5.38. The Morgan fingerprint density at radius 3 is 2.88 bits per heavy atom. The number of rotatable bonds is 3. The third kappa shape index (κ3) is 2.01. The maximum atomic E-state index is 14.0. The monoisotopic (exact) mass is 251 g/mol. The molecule has 0 aromatic carbocycles. The van der Waals surface area contributed by atoms with Crippen molar-refractivity contribution in [3.05, 3.63) is 36.1 Å². The molecule has 2 heterocycles. The first kappa shape index (κ1) is 11.6. The molecule has 0 amide bonds.